The zero-order chi connectivity index (χ0) is 14.3. The van der Waals surface area contributed by atoms with Crippen LogP contribution < -0.4 is 11.3 Å². The molecule has 5 heteroatoms. The highest BCUT2D eigenvalue weighted by atomic mass is 16.1. The molecule has 0 radical (unpaired) electrons. The molecule has 0 unspecified atom stereocenters. The predicted molar refractivity (Wildman–Crippen MR) is 79.9 cm³/mol. The maximum Gasteiger partial charge on any atom is 0.260 e. The second kappa shape index (κ2) is 4.68. The highest BCUT2D eigenvalue weighted by molar-refractivity contribution is 5.92. The summed E-state index contributed by atoms with van der Waals surface area (Å²) < 4.78 is 0. The maximum atomic E-state index is 12.1. The molecule has 0 bridgehead atoms. The summed E-state index contributed by atoms with van der Waals surface area (Å²) >= 11 is 0. The molecule has 2 heterocycles. The summed E-state index contributed by atoms with van der Waals surface area (Å²) in [6.45, 7) is 4.52. The third-order valence-electron chi connectivity index (χ3n) is 3.62. The van der Waals surface area contributed by atoms with Gasteiger partial charge in [-0.2, -0.15) is 0 Å². The molecule has 3 rings (SSSR count). The normalized spacial score (nSPS) is 11.3. The molecule has 0 aliphatic carbocycles. The number of nitrogens with one attached hydrogen (secondary N) is 1. The summed E-state index contributed by atoms with van der Waals surface area (Å²) in [5.74, 6) is 0.585. The first-order chi connectivity index (χ1) is 9.60. The zero-order valence-corrected chi connectivity index (χ0v) is 11.5. The molecule has 1 aromatic carbocycles. The number of H-pyrrole nitrogens is 1. The fraction of sp³-hybridized carbons (Fsp3) is 0.267. The third-order valence-corrected chi connectivity index (χ3v) is 3.62. The van der Waals surface area contributed by atoms with Gasteiger partial charge in [0.1, 0.15) is 5.82 Å². The van der Waals surface area contributed by atoms with Crippen molar-refractivity contribution < 1.29 is 0 Å². The van der Waals surface area contributed by atoms with Crippen molar-refractivity contribution in [2.24, 2.45) is 5.73 Å². The first-order valence-corrected chi connectivity index (χ1v) is 6.60. The van der Waals surface area contributed by atoms with E-state index in [0.717, 1.165) is 16.5 Å². The van der Waals surface area contributed by atoms with Crippen LogP contribution in [0.1, 0.15) is 17.0 Å². The Hall–Kier alpha value is -2.27. The average molecular weight is 268 g/mol. The Morgan fingerprint density at radius 3 is 2.80 bits per heavy atom. The highest BCUT2D eigenvalue weighted by Crippen LogP contribution is 2.21. The molecule has 0 atom stereocenters. The monoisotopic (exact) mass is 268 g/mol. The molecule has 2 aromatic heterocycles. The van der Waals surface area contributed by atoms with Gasteiger partial charge >= 0.3 is 0 Å². The predicted octanol–water partition coefficient (Wildman–Crippen LogP) is 1.59. The van der Waals surface area contributed by atoms with Crippen molar-refractivity contribution in [3.63, 3.8) is 0 Å². The van der Waals surface area contributed by atoms with Crippen molar-refractivity contribution in [3.05, 3.63) is 45.5 Å². The summed E-state index contributed by atoms with van der Waals surface area (Å²) in [4.78, 5) is 23.8. The standard InChI is InChI=1S/C15H16N4O/c1-8-3-4-10-7-11-14(19-13(10)9(8)2)17-12(5-6-16)18-15(11)20/h3-4,7H,5-6,16H2,1-2H3,(H,17,18,19,20). The molecule has 3 aromatic rings. The molecule has 0 spiro atoms. The number of nitrogens with zero attached hydrogens (tertiary/aromatic N) is 2. The van der Waals surface area contributed by atoms with E-state index in [2.05, 4.69) is 15.0 Å². The molecule has 20 heavy (non-hydrogen) atoms. The van der Waals surface area contributed by atoms with Crippen LogP contribution in [0.4, 0.5) is 0 Å². The third kappa shape index (κ3) is 1.96. The Morgan fingerprint density at radius 2 is 2.05 bits per heavy atom. The second-order valence-electron chi connectivity index (χ2n) is 4.99. The van der Waals surface area contributed by atoms with Crippen LogP contribution in [0, 0.1) is 13.8 Å². The minimum atomic E-state index is -0.161. The number of hydrogen-bond acceptors (Lipinski definition) is 4. The summed E-state index contributed by atoms with van der Waals surface area (Å²) in [5.41, 5.74) is 9.02. The van der Waals surface area contributed by atoms with Gasteiger partial charge in [-0.15, -0.1) is 0 Å². The van der Waals surface area contributed by atoms with Crippen LogP contribution in [0.3, 0.4) is 0 Å². The Bertz CT molecular complexity index is 867. The first-order valence-electron chi connectivity index (χ1n) is 6.60. The van der Waals surface area contributed by atoms with Gasteiger partial charge in [0.15, 0.2) is 5.65 Å². The van der Waals surface area contributed by atoms with Gasteiger partial charge in [-0.3, -0.25) is 4.79 Å². The summed E-state index contributed by atoms with van der Waals surface area (Å²) in [6, 6.07) is 5.87. The smallest absolute Gasteiger partial charge is 0.260 e. The van der Waals surface area contributed by atoms with E-state index in [0.29, 0.717) is 29.8 Å². The average Bonchev–Trinajstić information content (AvgIpc) is 2.42. The van der Waals surface area contributed by atoms with Crippen molar-refractivity contribution in [2.45, 2.75) is 20.3 Å². The number of aromatic nitrogens is 3. The topological polar surface area (TPSA) is 84.7 Å². The van der Waals surface area contributed by atoms with Gasteiger partial charge < -0.3 is 10.7 Å². The quantitative estimate of drug-likeness (QED) is 0.691. The first kappa shape index (κ1) is 12.7. The Balaban J connectivity index is 2.39. The lowest BCUT2D eigenvalue weighted by Gasteiger charge is -2.07. The minimum Gasteiger partial charge on any atom is -0.330 e. The van der Waals surface area contributed by atoms with Crippen LogP contribution in [0.2, 0.25) is 0 Å². The van der Waals surface area contributed by atoms with Crippen LogP contribution in [-0.4, -0.2) is 21.5 Å². The van der Waals surface area contributed by atoms with Gasteiger partial charge in [0, 0.05) is 11.8 Å². The van der Waals surface area contributed by atoms with E-state index >= 15 is 0 Å². The SMILES string of the molecule is Cc1ccc2cc3c(=O)[nH]c(CCN)nc3nc2c1C. The Morgan fingerprint density at radius 1 is 1.25 bits per heavy atom. The van der Waals surface area contributed by atoms with E-state index in [1.54, 1.807) is 0 Å². The van der Waals surface area contributed by atoms with Gasteiger partial charge in [-0.25, -0.2) is 9.97 Å². The summed E-state index contributed by atoms with van der Waals surface area (Å²) in [7, 11) is 0. The van der Waals surface area contributed by atoms with Crippen LogP contribution in [-0.2, 0) is 6.42 Å². The molecule has 0 aliphatic heterocycles. The number of fused-ring (bicyclic) bond motifs is 2. The van der Waals surface area contributed by atoms with E-state index in [4.69, 9.17) is 5.73 Å². The molecular weight excluding hydrogens is 252 g/mol. The second-order valence-corrected chi connectivity index (χ2v) is 4.99. The molecule has 102 valence electrons. The fourth-order valence-corrected chi connectivity index (χ4v) is 2.33. The molecule has 0 amide bonds. The van der Waals surface area contributed by atoms with Crippen LogP contribution in [0.15, 0.2) is 23.0 Å². The number of aromatic amines is 1. The van der Waals surface area contributed by atoms with E-state index in [1.807, 2.05) is 32.0 Å². The van der Waals surface area contributed by atoms with E-state index < -0.39 is 0 Å². The maximum absolute atomic E-state index is 12.1. The number of rotatable bonds is 2. The van der Waals surface area contributed by atoms with Crippen molar-refractivity contribution in [1.29, 1.82) is 0 Å². The Kier molecular flexibility index (Phi) is 2.99. The summed E-state index contributed by atoms with van der Waals surface area (Å²) in [6.07, 6.45) is 0.539. The lowest BCUT2D eigenvalue weighted by Crippen LogP contribution is -2.15. The number of nitrogens with two attached hydrogens (primary N) is 1. The van der Waals surface area contributed by atoms with Crippen molar-refractivity contribution in [1.82, 2.24) is 15.0 Å². The summed E-state index contributed by atoms with van der Waals surface area (Å²) in [5, 5.41) is 1.47. The molecule has 3 N–H and O–H groups in total. The van der Waals surface area contributed by atoms with Gasteiger partial charge in [0.2, 0.25) is 0 Å². The molecule has 0 saturated carbocycles. The molecule has 0 aliphatic rings. The van der Waals surface area contributed by atoms with Crippen molar-refractivity contribution >= 4 is 21.9 Å². The lowest BCUT2D eigenvalue weighted by molar-refractivity contribution is 0.867. The highest BCUT2D eigenvalue weighted by Gasteiger charge is 2.09. The number of benzene rings is 1. The van der Waals surface area contributed by atoms with E-state index in [9.17, 15) is 4.79 Å². The van der Waals surface area contributed by atoms with Crippen LogP contribution in [0.25, 0.3) is 21.9 Å². The van der Waals surface area contributed by atoms with E-state index in [-0.39, 0.29) is 5.56 Å². The lowest BCUT2D eigenvalue weighted by atomic mass is 10.0. The van der Waals surface area contributed by atoms with Crippen molar-refractivity contribution in [3.8, 4) is 0 Å². The van der Waals surface area contributed by atoms with Gasteiger partial charge in [0.25, 0.3) is 5.56 Å². The van der Waals surface area contributed by atoms with Gasteiger partial charge in [-0.1, -0.05) is 12.1 Å². The molecular formula is C15H16N4O. The number of pyridine rings is 1. The zero-order valence-electron chi connectivity index (χ0n) is 11.5. The molecule has 5 nitrogen and oxygen atoms in total. The number of aryl methyl sites for hydroxylation is 2. The van der Waals surface area contributed by atoms with Crippen molar-refractivity contribution in [2.75, 3.05) is 6.54 Å². The van der Waals surface area contributed by atoms with Gasteiger partial charge in [-0.05, 0) is 37.6 Å². The largest absolute Gasteiger partial charge is 0.330 e. The Labute approximate surface area is 115 Å². The fourth-order valence-electron chi connectivity index (χ4n) is 2.33. The van der Waals surface area contributed by atoms with Crippen LogP contribution in [0.5, 0.6) is 0 Å². The van der Waals surface area contributed by atoms with Crippen LogP contribution >= 0.6 is 0 Å². The molecule has 0 fully saturated rings. The minimum absolute atomic E-state index is 0.161. The van der Waals surface area contributed by atoms with Gasteiger partial charge in [0.05, 0.1) is 10.9 Å². The van der Waals surface area contributed by atoms with E-state index in [1.165, 1.54) is 5.56 Å². The molecule has 0 saturated heterocycles. The number of hydrogen-bond donors (Lipinski definition) is 2.